The fourth-order valence-corrected chi connectivity index (χ4v) is 4.50. The predicted octanol–water partition coefficient (Wildman–Crippen LogP) is 1.52. The fraction of sp³-hybridized carbons (Fsp3) is 0.483. The average molecular weight is 617 g/mol. The lowest BCUT2D eigenvalue weighted by molar-refractivity contribution is -0.188. The summed E-state index contributed by atoms with van der Waals surface area (Å²) >= 11 is 0. The van der Waals surface area contributed by atoms with Gasteiger partial charge in [-0.15, -0.1) is 5.10 Å². The lowest BCUT2D eigenvalue weighted by Gasteiger charge is -2.41. The van der Waals surface area contributed by atoms with Crippen LogP contribution in [0.4, 0.5) is 0 Å². The van der Waals surface area contributed by atoms with Crippen LogP contribution in [0.3, 0.4) is 0 Å². The summed E-state index contributed by atoms with van der Waals surface area (Å²) < 4.78 is 33.8. The number of hydrogen-bond acceptors (Lipinski definition) is 13. The van der Waals surface area contributed by atoms with E-state index in [1.54, 1.807) is 44.3 Å². The molecule has 44 heavy (non-hydrogen) atoms. The van der Waals surface area contributed by atoms with Crippen molar-refractivity contribution >= 4 is 29.8 Å². The second kappa shape index (κ2) is 15.0. The highest BCUT2D eigenvalue weighted by molar-refractivity contribution is 5.86. The number of para-hydroxylation sites is 1. The molecule has 1 aromatic carbocycles. The summed E-state index contributed by atoms with van der Waals surface area (Å²) in [7, 11) is 2.66. The first-order valence-electron chi connectivity index (χ1n) is 13.7. The Hall–Kier alpha value is -4.95. The first kappa shape index (κ1) is 33.6. The van der Waals surface area contributed by atoms with Crippen LogP contribution in [0.2, 0.25) is 0 Å². The SMILES string of the molecule is COC(=O)C1=C[C@H](n2cc(-c3ccccc3OC)nn2)[C@@H](NC(=O)C(C)C)[C@H]([C@H](OC(C)=O)[C@@H](COC(C)=O)OC(C)=O)O1. The Kier molecular flexibility index (Phi) is 11.4. The number of nitrogens with zero attached hydrogens (tertiary/aromatic N) is 3. The molecule has 1 aliphatic heterocycles. The van der Waals surface area contributed by atoms with Gasteiger partial charge in [-0.2, -0.15) is 0 Å². The fourth-order valence-electron chi connectivity index (χ4n) is 4.50. The van der Waals surface area contributed by atoms with Gasteiger partial charge in [-0.3, -0.25) is 19.2 Å². The van der Waals surface area contributed by atoms with E-state index < -0.39 is 72.7 Å². The van der Waals surface area contributed by atoms with Crippen LogP contribution >= 0.6 is 0 Å². The zero-order valence-electron chi connectivity index (χ0n) is 25.5. The smallest absolute Gasteiger partial charge is 0.373 e. The lowest BCUT2D eigenvalue weighted by Crippen LogP contribution is -2.60. The first-order valence-corrected chi connectivity index (χ1v) is 13.7. The molecule has 2 heterocycles. The molecule has 2 aromatic rings. The third-order valence-corrected chi connectivity index (χ3v) is 6.49. The number of aromatic nitrogens is 3. The maximum absolute atomic E-state index is 13.1. The van der Waals surface area contributed by atoms with Gasteiger partial charge in [0.05, 0.1) is 32.5 Å². The van der Waals surface area contributed by atoms with E-state index in [-0.39, 0.29) is 5.76 Å². The molecule has 0 radical (unpaired) electrons. The van der Waals surface area contributed by atoms with E-state index in [2.05, 4.69) is 15.6 Å². The quantitative estimate of drug-likeness (QED) is 0.268. The Morgan fingerprint density at radius 3 is 2.27 bits per heavy atom. The van der Waals surface area contributed by atoms with Gasteiger partial charge < -0.3 is 33.7 Å². The highest BCUT2D eigenvalue weighted by Gasteiger charge is 2.49. The van der Waals surface area contributed by atoms with Crippen molar-refractivity contribution in [2.24, 2.45) is 5.92 Å². The second-order valence-corrected chi connectivity index (χ2v) is 10.1. The molecule has 1 aliphatic rings. The largest absolute Gasteiger partial charge is 0.496 e. The van der Waals surface area contributed by atoms with Crippen LogP contribution < -0.4 is 10.1 Å². The van der Waals surface area contributed by atoms with Gasteiger partial charge in [0.25, 0.3) is 0 Å². The Morgan fingerprint density at radius 2 is 1.68 bits per heavy atom. The van der Waals surface area contributed by atoms with Gasteiger partial charge in [-0.05, 0) is 18.2 Å². The number of amides is 1. The zero-order valence-corrected chi connectivity index (χ0v) is 25.5. The minimum atomic E-state index is -1.50. The number of methoxy groups -OCH3 is 2. The minimum absolute atomic E-state index is 0.307. The van der Waals surface area contributed by atoms with Crippen LogP contribution in [0.15, 0.2) is 42.3 Å². The van der Waals surface area contributed by atoms with E-state index in [0.717, 1.165) is 27.9 Å². The molecule has 0 aliphatic carbocycles. The molecule has 0 saturated carbocycles. The predicted molar refractivity (Wildman–Crippen MR) is 151 cm³/mol. The van der Waals surface area contributed by atoms with Gasteiger partial charge in [0.15, 0.2) is 18.3 Å². The van der Waals surface area contributed by atoms with Gasteiger partial charge >= 0.3 is 23.9 Å². The zero-order chi connectivity index (χ0) is 32.6. The monoisotopic (exact) mass is 616 g/mol. The standard InChI is InChI=1S/C29H36N4O11/c1-15(2)28(37)30-25-21(33-13-20(31-32-33)19-10-8-9-11-22(19)39-6)12-23(29(38)40-7)44-27(25)26(43-18(5)36)24(42-17(4)35)14-41-16(3)34/h8-13,15,21,24-27H,14H2,1-7H3,(H,30,37)/t21-,24+,25+,26+,27+/m0/s1. The maximum Gasteiger partial charge on any atom is 0.373 e. The number of hydrogen-bond donors (Lipinski definition) is 1. The van der Waals surface area contributed by atoms with Gasteiger partial charge in [0.2, 0.25) is 11.7 Å². The van der Waals surface area contributed by atoms with E-state index in [4.69, 9.17) is 28.4 Å². The van der Waals surface area contributed by atoms with E-state index in [9.17, 15) is 24.0 Å². The highest BCUT2D eigenvalue weighted by atomic mass is 16.6. The van der Waals surface area contributed by atoms with Crippen molar-refractivity contribution in [3.8, 4) is 17.0 Å². The van der Waals surface area contributed by atoms with Crippen molar-refractivity contribution in [3.63, 3.8) is 0 Å². The number of benzene rings is 1. The Labute approximate surface area is 253 Å². The lowest BCUT2D eigenvalue weighted by atomic mass is 9.91. The Balaban J connectivity index is 2.21. The molecular weight excluding hydrogens is 580 g/mol. The number of carbonyl (C=O) groups excluding carboxylic acids is 5. The second-order valence-electron chi connectivity index (χ2n) is 10.1. The van der Waals surface area contributed by atoms with E-state index in [1.807, 2.05) is 0 Å². The van der Waals surface area contributed by atoms with Gasteiger partial charge in [0, 0.05) is 32.3 Å². The molecule has 0 bridgehead atoms. The molecule has 1 N–H and O–H groups in total. The van der Waals surface area contributed by atoms with E-state index in [0.29, 0.717) is 17.0 Å². The molecule has 0 unspecified atom stereocenters. The number of ether oxygens (including phenoxy) is 6. The number of rotatable bonds is 12. The molecule has 1 aromatic heterocycles. The third-order valence-electron chi connectivity index (χ3n) is 6.49. The van der Waals surface area contributed by atoms with Crippen LogP contribution in [0.25, 0.3) is 11.3 Å². The molecule has 0 fully saturated rings. The molecule has 15 nitrogen and oxygen atoms in total. The van der Waals surface area contributed by atoms with Crippen molar-refractivity contribution in [2.75, 3.05) is 20.8 Å². The summed E-state index contributed by atoms with van der Waals surface area (Å²) in [6.07, 6.45) is -1.34. The number of esters is 4. The first-order chi connectivity index (χ1) is 20.9. The molecule has 238 valence electrons. The summed E-state index contributed by atoms with van der Waals surface area (Å²) in [6.45, 7) is 6.18. The average Bonchev–Trinajstić information content (AvgIpc) is 3.47. The van der Waals surface area contributed by atoms with Crippen LogP contribution in [-0.4, -0.2) is 90.0 Å². The number of nitrogens with one attached hydrogen (secondary N) is 1. The Morgan fingerprint density at radius 1 is 1.00 bits per heavy atom. The minimum Gasteiger partial charge on any atom is -0.496 e. The molecular formula is C29H36N4O11. The van der Waals surface area contributed by atoms with Crippen molar-refractivity contribution in [1.29, 1.82) is 0 Å². The maximum atomic E-state index is 13.1. The molecule has 15 heteroatoms. The van der Waals surface area contributed by atoms with Crippen LogP contribution in [0.1, 0.15) is 40.7 Å². The van der Waals surface area contributed by atoms with Crippen molar-refractivity contribution < 1.29 is 52.4 Å². The summed E-state index contributed by atoms with van der Waals surface area (Å²) in [4.78, 5) is 62.0. The summed E-state index contributed by atoms with van der Waals surface area (Å²) in [5.41, 5.74) is 1.04. The molecule has 5 atom stereocenters. The van der Waals surface area contributed by atoms with Crippen LogP contribution in [0.5, 0.6) is 5.75 Å². The molecule has 3 rings (SSSR count). The van der Waals surface area contributed by atoms with E-state index >= 15 is 0 Å². The molecule has 0 spiro atoms. The van der Waals surface area contributed by atoms with Gasteiger partial charge in [-0.25, -0.2) is 9.48 Å². The van der Waals surface area contributed by atoms with Gasteiger partial charge in [-0.1, -0.05) is 31.2 Å². The van der Waals surface area contributed by atoms with Crippen molar-refractivity contribution in [3.05, 3.63) is 42.3 Å². The molecule has 0 saturated heterocycles. The van der Waals surface area contributed by atoms with E-state index in [1.165, 1.54) is 17.9 Å². The number of carbonyl (C=O) groups is 5. The molecule has 1 amide bonds. The normalized spacial score (nSPS) is 19.0. The summed E-state index contributed by atoms with van der Waals surface area (Å²) in [5.74, 6) is -3.86. The Bertz CT molecular complexity index is 1400. The van der Waals surface area contributed by atoms with Crippen LogP contribution in [0, 0.1) is 5.92 Å². The summed E-state index contributed by atoms with van der Waals surface area (Å²) in [5, 5.41) is 11.4. The van der Waals surface area contributed by atoms with Gasteiger partial charge in [0.1, 0.15) is 18.1 Å². The topological polar surface area (TPSA) is 183 Å². The van der Waals surface area contributed by atoms with Crippen molar-refractivity contribution in [2.45, 2.75) is 65.0 Å². The highest BCUT2D eigenvalue weighted by Crippen LogP contribution is 2.34. The summed E-state index contributed by atoms with van der Waals surface area (Å²) in [6, 6.07) is 5.04. The van der Waals surface area contributed by atoms with Crippen LogP contribution in [-0.2, 0) is 47.7 Å². The third kappa shape index (κ3) is 8.33. The van der Waals surface area contributed by atoms with Crippen molar-refractivity contribution in [1.82, 2.24) is 20.3 Å².